The first kappa shape index (κ1) is 15.3. The number of nitrogens with zero attached hydrogens (tertiary/aromatic N) is 5. The molecule has 1 fully saturated rings. The van der Waals surface area contributed by atoms with Crippen LogP contribution in [0.1, 0.15) is 18.7 Å². The van der Waals surface area contributed by atoms with E-state index in [4.69, 9.17) is 0 Å². The molecule has 0 radical (unpaired) electrons. The molecule has 0 saturated carbocycles. The minimum atomic E-state index is -0.0902. The number of rotatable bonds is 3. The fourth-order valence-corrected chi connectivity index (χ4v) is 3.56. The van der Waals surface area contributed by atoms with Crippen molar-refractivity contribution in [2.24, 2.45) is 20.0 Å². The third-order valence-corrected chi connectivity index (χ3v) is 5.15. The molecule has 1 aliphatic rings. The van der Waals surface area contributed by atoms with Gasteiger partial charge < -0.3 is 9.47 Å². The SMILES string of the molecule is Cn1ccnc1CC1CCN(c2cnn(C)c(=O)c2Br)CC1. The van der Waals surface area contributed by atoms with Gasteiger partial charge in [-0.2, -0.15) is 5.10 Å². The maximum Gasteiger partial charge on any atom is 0.282 e. The van der Waals surface area contributed by atoms with Crippen LogP contribution in [0, 0.1) is 5.92 Å². The quantitative estimate of drug-likeness (QED) is 0.831. The highest BCUT2D eigenvalue weighted by atomic mass is 79.9. The molecule has 0 amide bonds. The van der Waals surface area contributed by atoms with Crippen LogP contribution in [0.3, 0.4) is 0 Å². The van der Waals surface area contributed by atoms with Crippen molar-refractivity contribution in [3.8, 4) is 0 Å². The third kappa shape index (κ3) is 2.95. The van der Waals surface area contributed by atoms with Crippen molar-refractivity contribution in [3.05, 3.63) is 39.2 Å². The smallest absolute Gasteiger partial charge is 0.282 e. The molecule has 0 aliphatic carbocycles. The molecule has 0 unspecified atom stereocenters. The van der Waals surface area contributed by atoms with Crippen LogP contribution in [0.25, 0.3) is 0 Å². The molecule has 1 saturated heterocycles. The molecule has 0 atom stereocenters. The summed E-state index contributed by atoms with van der Waals surface area (Å²) in [6.45, 7) is 1.89. The lowest BCUT2D eigenvalue weighted by atomic mass is 9.93. The Hall–Kier alpha value is -1.63. The Morgan fingerprint density at radius 2 is 2.05 bits per heavy atom. The molecule has 0 spiro atoms. The summed E-state index contributed by atoms with van der Waals surface area (Å²) in [6.07, 6.45) is 8.85. The summed E-state index contributed by atoms with van der Waals surface area (Å²) in [4.78, 5) is 18.6. The average Bonchev–Trinajstić information content (AvgIpc) is 2.91. The van der Waals surface area contributed by atoms with Crippen LogP contribution in [0.15, 0.2) is 27.9 Å². The topological polar surface area (TPSA) is 56.0 Å². The molecule has 7 heteroatoms. The Labute approximate surface area is 137 Å². The van der Waals surface area contributed by atoms with Crippen LogP contribution in [0.2, 0.25) is 0 Å². The largest absolute Gasteiger partial charge is 0.369 e. The predicted molar refractivity (Wildman–Crippen MR) is 89.0 cm³/mol. The molecule has 2 aromatic heterocycles. The first-order chi connectivity index (χ1) is 10.6. The second-order valence-corrected chi connectivity index (χ2v) is 6.65. The molecule has 0 N–H and O–H groups in total. The van der Waals surface area contributed by atoms with Gasteiger partial charge in [0.2, 0.25) is 0 Å². The van der Waals surface area contributed by atoms with Gasteiger partial charge in [-0.25, -0.2) is 9.67 Å². The van der Waals surface area contributed by atoms with Crippen molar-refractivity contribution in [3.63, 3.8) is 0 Å². The van der Waals surface area contributed by atoms with Gasteiger partial charge in [0.1, 0.15) is 10.3 Å². The van der Waals surface area contributed by atoms with Crippen LogP contribution in [-0.4, -0.2) is 32.4 Å². The monoisotopic (exact) mass is 365 g/mol. The van der Waals surface area contributed by atoms with Gasteiger partial charge in [0.25, 0.3) is 5.56 Å². The van der Waals surface area contributed by atoms with Gasteiger partial charge in [-0.3, -0.25) is 4.79 Å². The minimum absolute atomic E-state index is 0.0902. The molecule has 0 aromatic carbocycles. The average molecular weight is 366 g/mol. The molecule has 3 rings (SSSR count). The minimum Gasteiger partial charge on any atom is -0.369 e. The van der Waals surface area contributed by atoms with Gasteiger partial charge in [-0.1, -0.05) is 0 Å². The fraction of sp³-hybridized carbons (Fsp3) is 0.533. The molecule has 2 aromatic rings. The van der Waals surface area contributed by atoms with E-state index in [0.29, 0.717) is 10.4 Å². The van der Waals surface area contributed by atoms with E-state index in [1.54, 1.807) is 13.2 Å². The Balaban J connectivity index is 1.66. The van der Waals surface area contributed by atoms with Gasteiger partial charge in [-0.05, 0) is 34.7 Å². The summed E-state index contributed by atoms with van der Waals surface area (Å²) < 4.78 is 4.04. The van der Waals surface area contributed by atoms with Crippen molar-refractivity contribution in [2.75, 3.05) is 18.0 Å². The fourth-order valence-electron chi connectivity index (χ4n) is 2.95. The number of aromatic nitrogens is 4. The number of hydrogen-bond donors (Lipinski definition) is 0. The van der Waals surface area contributed by atoms with Gasteiger partial charge in [0.05, 0.1) is 11.9 Å². The maximum atomic E-state index is 12.0. The van der Waals surface area contributed by atoms with E-state index < -0.39 is 0 Å². The molecule has 22 heavy (non-hydrogen) atoms. The van der Waals surface area contributed by atoms with Crippen LogP contribution < -0.4 is 10.5 Å². The summed E-state index contributed by atoms with van der Waals surface area (Å²) in [6, 6.07) is 0. The van der Waals surface area contributed by atoms with Crippen LogP contribution in [0.5, 0.6) is 0 Å². The first-order valence-electron chi connectivity index (χ1n) is 7.49. The molecular formula is C15H20BrN5O. The Morgan fingerprint density at radius 1 is 1.32 bits per heavy atom. The lowest BCUT2D eigenvalue weighted by Crippen LogP contribution is -2.36. The second kappa shape index (κ2) is 6.24. The third-order valence-electron chi connectivity index (χ3n) is 4.41. The highest BCUT2D eigenvalue weighted by Gasteiger charge is 2.23. The molecular weight excluding hydrogens is 346 g/mol. The van der Waals surface area contributed by atoms with E-state index in [0.717, 1.165) is 43.9 Å². The van der Waals surface area contributed by atoms with Crippen molar-refractivity contribution in [2.45, 2.75) is 19.3 Å². The van der Waals surface area contributed by atoms with Crippen LogP contribution >= 0.6 is 15.9 Å². The van der Waals surface area contributed by atoms with E-state index >= 15 is 0 Å². The van der Waals surface area contributed by atoms with Gasteiger partial charge in [0, 0.05) is 46.0 Å². The first-order valence-corrected chi connectivity index (χ1v) is 8.28. The Morgan fingerprint density at radius 3 is 2.68 bits per heavy atom. The van der Waals surface area contributed by atoms with Crippen molar-refractivity contribution in [1.29, 1.82) is 0 Å². The number of anilines is 1. The summed E-state index contributed by atoms with van der Waals surface area (Å²) in [5, 5.41) is 4.13. The molecule has 118 valence electrons. The lowest BCUT2D eigenvalue weighted by Gasteiger charge is -2.33. The maximum absolute atomic E-state index is 12.0. The van der Waals surface area contributed by atoms with Crippen LogP contribution in [-0.2, 0) is 20.5 Å². The number of hydrogen-bond acceptors (Lipinski definition) is 4. The number of imidazole rings is 1. The van der Waals surface area contributed by atoms with E-state index in [9.17, 15) is 4.79 Å². The van der Waals surface area contributed by atoms with Crippen molar-refractivity contribution >= 4 is 21.6 Å². The van der Waals surface area contributed by atoms with E-state index in [1.807, 2.05) is 19.4 Å². The highest BCUT2D eigenvalue weighted by molar-refractivity contribution is 9.10. The van der Waals surface area contributed by atoms with Gasteiger partial charge in [-0.15, -0.1) is 0 Å². The Kier molecular flexibility index (Phi) is 4.33. The van der Waals surface area contributed by atoms with Gasteiger partial charge in [0.15, 0.2) is 0 Å². The molecule has 6 nitrogen and oxygen atoms in total. The molecule has 1 aliphatic heterocycles. The lowest BCUT2D eigenvalue weighted by molar-refractivity contribution is 0.393. The van der Waals surface area contributed by atoms with Crippen molar-refractivity contribution < 1.29 is 0 Å². The normalized spacial score (nSPS) is 16.2. The zero-order chi connectivity index (χ0) is 15.7. The summed E-state index contributed by atoms with van der Waals surface area (Å²) in [5.74, 6) is 1.80. The molecule has 0 bridgehead atoms. The van der Waals surface area contributed by atoms with Gasteiger partial charge >= 0.3 is 0 Å². The number of halogens is 1. The number of aryl methyl sites for hydroxylation is 2. The van der Waals surface area contributed by atoms with Crippen LogP contribution in [0.4, 0.5) is 5.69 Å². The summed E-state index contributed by atoms with van der Waals surface area (Å²) >= 11 is 3.41. The van der Waals surface area contributed by atoms with E-state index in [1.165, 1.54) is 4.68 Å². The van der Waals surface area contributed by atoms with Crippen molar-refractivity contribution in [1.82, 2.24) is 19.3 Å². The molecule has 3 heterocycles. The zero-order valence-corrected chi connectivity index (χ0v) is 14.5. The predicted octanol–water partition coefficient (Wildman–Crippen LogP) is 1.74. The number of piperidine rings is 1. The summed E-state index contributed by atoms with van der Waals surface area (Å²) in [7, 11) is 3.70. The second-order valence-electron chi connectivity index (χ2n) is 5.86. The summed E-state index contributed by atoms with van der Waals surface area (Å²) in [5.41, 5.74) is 0.811. The zero-order valence-electron chi connectivity index (χ0n) is 12.9. The van der Waals surface area contributed by atoms with E-state index in [2.05, 4.69) is 35.5 Å². The highest BCUT2D eigenvalue weighted by Crippen LogP contribution is 2.28. The van der Waals surface area contributed by atoms with E-state index in [-0.39, 0.29) is 5.56 Å². The standard InChI is InChI=1S/C15H20BrN5O/c1-19-8-5-17-13(19)9-11-3-6-21(7-4-11)12-10-18-20(2)15(22)14(12)16/h5,8,10-11H,3-4,6-7,9H2,1-2H3. The Bertz CT molecular complexity index is 715.